The molecule has 1 saturated heterocycles. The molecule has 116 valence electrons. The molecule has 2 amide bonds. The summed E-state index contributed by atoms with van der Waals surface area (Å²) < 4.78 is 5.38. The van der Waals surface area contributed by atoms with Crippen molar-refractivity contribution >= 4 is 23.8 Å². The molecule has 0 radical (unpaired) electrons. The number of urea groups is 1. The number of hydrogen-bond acceptors (Lipinski definition) is 4. The van der Waals surface area contributed by atoms with Crippen molar-refractivity contribution in [3.8, 4) is 0 Å². The van der Waals surface area contributed by atoms with Gasteiger partial charge in [0.1, 0.15) is 6.04 Å². The summed E-state index contributed by atoms with van der Waals surface area (Å²) in [6.45, 7) is 2.06. The lowest BCUT2D eigenvalue weighted by atomic mass is 10.0. The van der Waals surface area contributed by atoms with E-state index in [1.807, 2.05) is 6.26 Å². The van der Waals surface area contributed by atoms with Crippen molar-refractivity contribution in [2.45, 2.75) is 25.3 Å². The second-order valence-corrected chi connectivity index (χ2v) is 6.07. The maximum atomic E-state index is 12.0. The highest BCUT2D eigenvalue weighted by molar-refractivity contribution is 7.98. The number of carboxylic acids is 1. The minimum absolute atomic E-state index is 0.330. The van der Waals surface area contributed by atoms with Crippen LogP contribution in [0.3, 0.4) is 0 Å². The summed E-state index contributed by atoms with van der Waals surface area (Å²) in [6, 6.07) is -1.15. The summed E-state index contributed by atoms with van der Waals surface area (Å²) in [6.07, 6.45) is 4.41. The average Bonchev–Trinajstić information content (AvgIpc) is 2.43. The van der Waals surface area contributed by atoms with Crippen LogP contribution >= 0.6 is 11.8 Å². The number of carbonyl (C=O) groups is 2. The number of nitrogens with one attached hydrogen (secondary N) is 1. The van der Waals surface area contributed by atoms with Crippen LogP contribution in [-0.2, 0) is 9.53 Å². The summed E-state index contributed by atoms with van der Waals surface area (Å²) >= 11 is 1.57. The van der Waals surface area contributed by atoms with Crippen molar-refractivity contribution in [1.82, 2.24) is 10.2 Å². The third-order valence-corrected chi connectivity index (χ3v) is 3.98. The van der Waals surface area contributed by atoms with Crippen LogP contribution in [0.2, 0.25) is 0 Å². The molecular weight excluding hydrogens is 280 g/mol. The Morgan fingerprint density at radius 1 is 1.55 bits per heavy atom. The molecule has 1 rings (SSSR count). The van der Waals surface area contributed by atoms with E-state index in [0.717, 1.165) is 19.4 Å². The van der Waals surface area contributed by atoms with Crippen molar-refractivity contribution in [2.75, 3.05) is 38.8 Å². The molecule has 0 aromatic heterocycles. The summed E-state index contributed by atoms with van der Waals surface area (Å²) in [5, 5.41) is 11.7. The molecule has 0 bridgehead atoms. The van der Waals surface area contributed by atoms with Gasteiger partial charge in [0.25, 0.3) is 0 Å². The zero-order valence-corrected chi connectivity index (χ0v) is 12.9. The van der Waals surface area contributed by atoms with Crippen molar-refractivity contribution in [2.24, 2.45) is 5.92 Å². The van der Waals surface area contributed by atoms with Gasteiger partial charge in [-0.2, -0.15) is 11.8 Å². The predicted molar refractivity (Wildman–Crippen MR) is 79.1 cm³/mol. The Bertz CT molecular complexity index is 321. The van der Waals surface area contributed by atoms with Gasteiger partial charge >= 0.3 is 12.0 Å². The third-order valence-electron chi connectivity index (χ3n) is 3.34. The number of rotatable bonds is 7. The fraction of sp³-hybridized carbons (Fsp3) is 0.846. The van der Waals surface area contributed by atoms with Gasteiger partial charge in [-0.25, -0.2) is 9.59 Å². The molecule has 1 aliphatic heterocycles. The topological polar surface area (TPSA) is 78.9 Å². The van der Waals surface area contributed by atoms with Gasteiger partial charge in [0.2, 0.25) is 0 Å². The first-order chi connectivity index (χ1) is 9.54. The number of carboxylic acid groups (broad SMARTS) is 1. The van der Waals surface area contributed by atoms with Crippen LogP contribution in [0.4, 0.5) is 4.79 Å². The normalized spacial score (nSPS) is 20.2. The Morgan fingerprint density at radius 2 is 2.30 bits per heavy atom. The highest BCUT2D eigenvalue weighted by Gasteiger charge is 2.23. The monoisotopic (exact) mass is 304 g/mol. The number of amides is 2. The lowest BCUT2D eigenvalue weighted by Gasteiger charge is -2.28. The highest BCUT2D eigenvalue weighted by Crippen LogP contribution is 2.14. The van der Waals surface area contributed by atoms with E-state index in [2.05, 4.69) is 5.32 Å². The van der Waals surface area contributed by atoms with Crippen LogP contribution in [0.15, 0.2) is 0 Å². The standard InChI is InChI=1S/C13H24N2O4S/c1-15(8-10-4-3-6-19-9-10)13(18)14-11(12(16)17)5-7-20-2/h10-11H,3-9H2,1-2H3,(H,14,18)(H,16,17)/t10?,11-/m0/s1. The summed E-state index contributed by atoms with van der Waals surface area (Å²) in [7, 11) is 1.69. The lowest BCUT2D eigenvalue weighted by molar-refractivity contribution is -0.139. The molecule has 2 N–H and O–H groups in total. The molecule has 1 unspecified atom stereocenters. The van der Waals surface area contributed by atoms with E-state index < -0.39 is 12.0 Å². The predicted octanol–water partition coefficient (Wildman–Crippen LogP) is 1.26. The second-order valence-electron chi connectivity index (χ2n) is 5.09. The van der Waals surface area contributed by atoms with Crippen LogP contribution < -0.4 is 5.32 Å². The van der Waals surface area contributed by atoms with Gasteiger partial charge in [-0.3, -0.25) is 0 Å². The van der Waals surface area contributed by atoms with E-state index in [9.17, 15) is 9.59 Å². The van der Waals surface area contributed by atoms with Crippen molar-refractivity contribution in [3.05, 3.63) is 0 Å². The van der Waals surface area contributed by atoms with Crippen LogP contribution in [-0.4, -0.2) is 66.9 Å². The van der Waals surface area contributed by atoms with Crippen molar-refractivity contribution in [3.63, 3.8) is 0 Å². The Labute approximate surface area is 124 Å². The van der Waals surface area contributed by atoms with Gasteiger partial charge < -0.3 is 20.1 Å². The Kier molecular flexibility index (Phi) is 7.76. The smallest absolute Gasteiger partial charge is 0.326 e. The number of hydrogen-bond donors (Lipinski definition) is 2. The summed E-state index contributed by atoms with van der Waals surface area (Å²) in [5.41, 5.74) is 0. The lowest BCUT2D eigenvalue weighted by Crippen LogP contribution is -2.48. The zero-order valence-electron chi connectivity index (χ0n) is 12.1. The Hall–Kier alpha value is -0.950. The first-order valence-corrected chi connectivity index (χ1v) is 8.25. The maximum absolute atomic E-state index is 12.0. The van der Waals surface area contributed by atoms with E-state index in [1.165, 1.54) is 0 Å². The molecule has 0 spiro atoms. The molecule has 20 heavy (non-hydrogen) atoms. The van der Waals surface area contributed by atoms with E-state index in [-0.39, 0.29) is 6.03 Å². The number of carbonyl (C=O) groups excluding carboxylic acids is 1. The Balaban J connectivity index is 2.39. The van der Waals surface area contributed by atoms with E-state index in [0.29, 0.717) is 31.2 Å². The Morgan fingerprint density at radius 3 is 2.85 bits per heavy atom. The molecule has 6 nitrogen and oxygen atoms in total. The maximum Gasteiger partial charge on any atom is 0.326 e. The summed E-state index contributed by atoms with van der Waals surface area (Å²) in [4.78, 5) is 24.6. The third kappa shape index (κ3) is 6.00. The first kappa shape index (κ1) is 17.1. The zero-order chi connectivity index (χ0) is 15.0. The van der Waals surface area contributed by atoms with E-state index in [4.69, 9.17) is 9.84 Å². The van der Waals surface area contributed by atoms with Crippen molar-refractivity contribution in [1.29, 1.82) is 0 Å². The van der Waals surface area contributed by atoms with Crippen LogP contribution in [0, 0.1) is 5.92 Å². The first-order valence-electron chi connectivity index (χ1n) is 6.85. The van der Waals surface area contributed by atoms with E-state index in [1.54, 1.807) is 23.7 Å². The molecule has 7 heteroatoms. The number of aliphatic carboxylic acids is 1. The van der Waals surface area contributed by atoms with Gasteiger partial charge in [-0.1, -0.05) is 0 Å². The summed E-state index contributed by atoms with van der Waals surface area (Å²) in [5.74, 6) is 0.0630. The van der Waals surface area contributed by atoms with Crippen molar-refractivity contribution < 1.29 is 19.4 Å². The SMILES string of the molecule is CSCC[C@H](NC(=O)N(C)CC1CCCOC1)C(=O)O. The fourth-order valence-electron chi connectivity index (χ4n) is 2.17. The van der Waals surface area contributed by atoms with Gasteiger partial charge in [-0.15, -0.1) is 0 Å². The minimum atomic E-state index is -0.984. The molecule has 1 heterocycles. The van der Waals surface area contributed by atoms with Crippen LogP contribution in [0.25, 0.3) is 0 Å². The molecule has 1 fully saturated rings. The van der Waals surface area contributed by atoms with E-state index >= 15 is 0 Å². The van der Waals surface area contributed by atoms with Gasteiger partial charge in [0, 0.05) is 26.1 Å². The van der Waals surface area contributed by atoms with Gasteiger partial charge in [0.15, 0.2) is 0 Å². The molecule has 1 aliphatic rings. The van der Waals surface area contributed by atoms with Crippen LogP contribution in [0.5, 0.6) is 0 Å². The minimum Gasteiger partial charge on any atom is -0.480 e. The molecule has 0 aromatic carbocycles. The number of thioether (sulfide) groups is 1. The number of ether oxygens (including phenoxy) is 1. The number of nitrogens with zero attached hydrogens (tertiary/aromatic N) is 1. The fourth-order valence-corrected chi connectivity index (χ4v) is 2.65. The van der Waals surface area contributed by atoms with Gasteiger partial charge in [0.05, 0.1) is 6.61 Å². The molecule has 0 saturated carbocycles. The molecule has 0 aliphatic carbocycles. The molecule has 0 aromatic rings. The van der Waals surface area contributed by atoms with Crippen LogP contribution in [0.1, 0.15) is 19.3 Å². The second kappa shape index (κ2) is 9.07. The molecular formula is C13H24N2O4S. The highest BCUT2D eigenvalue weighted by atomic mass is 32.2. The molecule has 2 atom stereocenters. The average molecular weight is 304 g/mol. The van der Waals surface area contributed by atoms with Gasteiger partial charge in [-0.05, 0) is 31.3 Å². The quantitative estimate of drug-likeness (QED) is 0.740. The largest absolute Gasteiger partial charge is 0.480 e.